The van der Waals surface area contributed by atoms with E-state index in [1.807, 2.05) is 13.0 Å². The molecule has 15 heavy (non-hydrogen) atoms. The van der Waals surface area contributed by atoms with Crippen LogP contribution in [0.15, 0.2) is 30.3 Å². The van der Waals surface area contributed by atoms with Crippen LogP contribution in [-0.2, 0) is 0 Å². The highest BCUT2D eigenvalue weighted by molar-refractivity contribution is 5.70. The number of nitrogen functional groups attached to an aromatic ring is 1. The summed E-state index contributed by atoms with van der Waals surface area (Å²) in [6.07, 6.45) is 0. The van der Waals surface area contributed by atoms with E-state index in [9.17, 15) is 0 Å². The fourth-order valence-electron chi connectivity index (χ4n) is 1.76. The summed E-state index contributed by atoms with van der Waals surface area (Å²) < 4.78 is 0. The van der Waals surface area contributed by atoms with Crippen molar-refractivity contribution in [2.45, 2.75) is 20.8 Å². The van der Waals surface area contributed by atoms with Crippen molar-refractivity contribution in [3.8, 4) is 11.1 Å². The Morgan fingerprint density at radius 3 is 2.33 bits per heavy atom. The lowest BCUT2D eigenvalue weighted by Gasteiger charge is -2.08. The molecule has 0 spiro atoms. The highest BCUT2D eigenvalue weighted by atomic mass is 14.5. The molecule has 78 valence electrons. The van der Waals surface area contributed by atoms with Crippen LogP contribution in [0.3, 0.4) is 0 Å². The zero-order valence-electron chi connectivity index (χ0n) is 9.46. The topological polar surface area (TPSA) is 26.0 Å². The van der Waals surface area contributed by atoms with Crippen LogP contribution in [0.25, 0.3) is 11.1 Å². The summed E-state index contributed by atoms with van der Waals surface area (Å²) in [5, 5.41) is 0. The van der Waals surface area contributed by atoms with Gasteiger partial charge in [0.2, 0.25) is 0 Å². The third-order valence-electron chi connectivity index (χ3n) is 2.97. The van der Waals surface area contributed by atoms with Gasteiger partial charge in [0.1, 0.15) is 0 Å². The van der Waals surface area contributed by atoms with Crippen molar-refractivity contribution >= 4 is 5.69 Å². The van der Waals surface area contributed by atoms with E-state index in [0.717, 1.165) is 11.3 Å². The summed E-state index contributed by atoms with van der Waals surface area (Å²) in [5.74, 6) is 0. The van der Waals surface area contributed by atoms with E-state index in [4.69, 9.17) is 5.73 Å². The number of nitrogens with two attached hydrogens (primary N) is 1. The van der Waals surface area contributed by atoms with E-state index in [-0.39, 0.29) is 0 Å². The summed E-state index contributed by atoms with van der Waals surface area (Å²) >= 11 is 0. The van der Waals surface area contributed by atoms with Gasteiger partial charge in [-0.1, -0.05) is 31.5 Å². The summed E-state index contributed by atoms with van der Waals surface area (Å²) in [7, 11) is 0. The number of anilines is 1. The molecule has 0 heterocycles. The second-order valence-corrected chi connectivity index (χ2v) is 4.18. The monoisotopic (exact) mass is 198 g/mol. The van der Waals surface area contributed by atoms with Gasteiger partial charge >= 0.3 is 0 Å². The molecule has 2 aromatic carbocycles. The van der Waals surface area contributed by atoms with Crippen molar-refractivity contribution in [3.63, 3.8) is 0 Å². The molecule has 2 N–H and O–H groups in total. The van der Waals surface area contributed by atoms with Gasteiger partial charge in [0.15, 0.2) is 0 Å². The number of benzene rings is 1. The van der Waals surface area contributed by atoms with Crippen molar-refractivity contribution in [2.24, 2.45) is 0 Å². The largest absolute Gasteiger partial charge is 0.399 e. The maximum atomic E-state index is 5.80. The van der Waals surface area contributed by atoms with Gasteiger partial charge < -0.3 is 5.73 Å². The van der Waals surface area contributed by atoms with Gasteiger partial charge in [-0.2, -0.15) is 22.8 Å². The molecule has 0 atom stereocenters. The van der Waals surface area contributed by atoms with E-state index in [0.29, 0.717) is 0 Å². The molecule has 0 aliphatic heterocycles. The minimum absolute atomic E-state index is 0.860. The highest BCUT2D eigenvalue weighted by Crippen LogP contribution is 2.27. The van der Waals surface area contributed by atoms with Gasteiger partial charge in [0.25, 0.3) is 0 Å². The Labute approximate surface area is 90.9 Å². The summed E-state index contributed by atoms with van der Waals surface area (Å²) in [6.45, 7) is 6.33. The fourth-order valence-corrected chi connectivity index (χ4v) is 1.76. The third-order valence-corrected chi connectivity index (χ3v) is 2.97. The normalized spacial score (nSPS) is 10.6. The second kappa shape index (κ2) is 3.50. The van der Waals surface area contributed by atoms with Crippen LogP contribution in [-0.4, -0.2) is 0 Å². The Morgan fingerprint density at radius 1 is 1.07 bits per heavy atom. The lowest BCUT2D eigenvalue weighted by molar-refractivity contribution is 1.41. The van der Waals surface area contributed by atoms with E-state index in [1.165, 1.54) is 22.3 Å². The molecule has 0 bridgehead atoms. The van der Waals surface area contributed by atoms with Crippen molar-refractivity contribution in [3.05, 3.63) is 47.0 Å². The molecular formula is C14H16N-. The summed E-state index contributed by atoms with van der Waals surface area (Å²) in [4.78, 5) is 0. The first kappa shape index (κ1) is 9.91. The molecule has 0 aliphatic carbocycles. The molecule has 0 radical (unpaired) electrons. The number of hydrogen-bond donors (Lipinski definition) is 1. The van der Waals surface area contributed by atoms with Crippen LogP contribution in [0.4, 0.5) is 5.69 Å². The van der Waals surface area contributed by atoms with Crippen LogP contribution in [0.2, 0.25) is 0 Å². The number of rotatable bonds is 1. The Morgan fingerprint density at radius 2 is 1.80 bits per heavy atom. The summed E-state index contributed by atoms with van der Waals surface area (Å²) in [6, 6.07) is 10.6. The third kappa shape index (κ3) is 1.78. The lowest BCUT2D eigenvalue weighted by atomic mass is 10.0. The maximum absolute atomic E-state index is 5.80. The Kier molecular flexibility index (Phi) is 2.31. The summed E-state index contributed by atoms with van der Waals surface area (Å²) in [5.41, 5.74) is 13.0. The number of hydrogen-bond acceptors (Lipinski definition) is 1. The van der Waals surface area contributed by atoms with E-state index in [1.54, 1.807) is 0 Å². The van der Waals surface area contributed by atoms with Crippen LogP contribution < -0.4 is 5.73 Å². The van der Waals surface area contributed by atoms with Crippen molar-refractivity contribution in [1.82, 2.24) is 0 Å². The molecule has 0 amide bonds. The Hall–Kier alpha value is -1.63. The quantitative estimate of drug-likeness (QED) is 0.550. The van der Waals surface area contributed by atoms with E-state index in [2.05, 4.69) is 38.1 Å². The average molecular weight is 198 g/mol. The second-order valence-electron chi connectivity index (χ2n) is 4.18. The minimum Gasteiger partial charge on any atom is -0.399 e. The first-order valence-electron chi connectivity index (χ1n) is 5.18. The van der Waals surface area contributed by atoms with Crippen molar-refractivity contribution < 1.29 is 0 Å². The maximum Gasteiger partial charge on any atom is 0.0343 e. The molecule has 1 nitrogen and oxygen atoms in total. The zero-order chi connectivity index (χ0) is 11.0. The van der Waals surface area contributed by atoms with Crippen molar-refractivity contribution in [2.75, 3.05) is 5.73 Å². The molecule has 0 aromatic heterocycles. The van der Waals surface area contributed by atoms with Gasteiger partial charge in [-0.3, -0.25) is 0 Å². The molecule has 0 fully saturated rings. The molecule has 0 aliphatic rings. The van der Waals surface area contributed by atoms with E-state index < -0.39 is 0 Å². The first-order valence-corrected chi connectivity index (χ1v) is 5.18. The lowest BCUT2D eigenvalue weighted by Crippen LogP contribution is -1.88. The standard InChI is InChI=1S/C14H16N/c1-9-6-13(7-10(9)2)12-4-5-14(15)11(3)8-12/h4-8H,15H2,1-3H3/q-1. The molecule has 0 saturated heterocycles. The Balaban J connectivity index is 2.49. The predicted octanol–water partition coefficient (Wildman–Crippen LogP) is 3.58. The Bertz CT molecular complexity index is 473. The molecule has 0 saturated carbocycles. The molecule has 1 heteroatoms. The van der Waals surface area contributed by atoms with Gasteiger partial charge in [0, 0.05) is 5.69 Å². The fraction of sp³-hybridized carbons (Fsp3) is 0.214. The first-order chi connectivity index (χ1) is 7.08. The van der Waals surface area contributed by atoms with Crippen LogP contribution in [0.1, 0.15) is 16.7 Å². The van der Waals surface area contributed by atoms with Crippen LogP contribution >= 0.6 is 0 Å². The highest BCUT2D eigenvalue weighted by Gasteiger charge is 1.96. The molecular weight excluding hydrogens is 182 g/mol. The zero-order valence-corrected chi connectivity index (χ0v) is 9.46. The molecule has 2 aromatic rings. The molecule has 2 rings (SSSR count). The van der Waals surface area contributed by atoms with Gasteiger partial charge in [-0.15, -0.1) is 0 Å². The van der Waals surface area contributed by atoms with Crippen molar-refractivity contribution in [1.29, 1.82) is 0 Å². The van der Waals surface area contributed by atoms with Gasteiger partial charge in [0.05, 0.1) is 0 Å². The smallest absolute Gasteiger partial charge is 0.0343 e. The molecule has 0 unspecified atom stereocenters. The predicted molar refractivity (Wildman–Crippen MR) is 66.1 cm³/mol. The van der Waals surface area contributed by atoms with Gasteiger partial charge in [-0.25, -0.2) is 6.07 Å². The van der Waals surface area contributed by atoms with E-state index >= 15 is 0 Å². The minimum atomic E-state index is 0.860. The van der Waals surface area contributed by atoms with Crippen LogP contribution in [0.5, 0.6) is 0 Å². The van der Waals surface area contributed by atoms with Gasteiger partial charge in [-0.05, 0) is 18.6 Å². The SMILES string of the molecule is Cc1cc(-c2cc(C)[c-](C)c2)ccc1N. The number of aryl methyl sites for hydroxylation is 3. The van der Waals surface area contributed by atoms with Crippen LogP contribution in [0, 0.1) is 20.8 Å². The average Bonchev–Trinajstić information content (AvgIpc) is 2.52.